The number of allylic oxidation sites excluding steroid dienone is 1. The highest BCUT2D eigenvalue weighted by molar-refractivity contribution is 6.12. The van der Waals surface area contributed by atoms with Crippen molar-refractivity contribution in [3.63, 3.8) is 0 Å². The molecular formula is C13H20O3. The molecule has 1 N–H and O–H groups in total. The number of Topliss-reactive ketones (excluding diaryl/α,β-unsaturated/α-hetero) is 2. The Morgan fingerprint density at radius 3 is 2.38 bits per heavy atom. The van der Waals surface area contributed by atoms with Crippen molar-refractivity contribution in [2.24, 2.45) is 5.41 Å². The summed E-state index contributed by atoms with van der Waals surface area (Å²) in [6.07, 6.45) is 1.39. The van der Waals surface area contributed by atoms with Gasteiger partial charge >= 0.3 is 0 Å². The lowest BCUT2D eigenvalue weighted by molar-refractivity contribution is -0.135. The van der Waals surface area contributed by atoms with Crippen molar-refractivity contribution in [2.45, 2.75) is 53.1 Å². The van der Waals surface area contributed by atoms with Crippen LogP contribution in [-0.2, 0) is 9.59 Å². The van der Waals surface area contributed by atoms with Crippen LogP contribution in [0.1, 0.15) is 47.0 Å². The predicted molar refractivity (Wildman–Crippen MR) is 62.0 cm³/mol. The zero-order chi connectivity index (χ0) is 12.5. The summed E-state index contributed by atoms with van der Waals surface area (Å²) in [6, 6.07) is 0. The summed E-state index contributed by atoms with van der Waals surface area (Å²) in [6.45, 7) is 7.15. The summed E-state index contributed by atoms with van der Waals surface area (Å²) >= 11 is 0. The molecule has 0 saturated carbocycles. The SMILES string of the molecule is CC(=O)[C@H](O)C(=O)C1=C(C)CCCC1(C)C. The molecule has 0 aromatic heterocycles. The molecule has 0 amide bonds. The van der Waals surface area contributed by atoms with Gasteiger partial charge in [-0.3, -0.25) is 9.59 Å². The van der Waals surface area contributed by atoms with Gasteiger partial charge < -0.3 is 5.11 Å². The second-order valence-electron chi connectivity index (χ2n) is 5.27. The number of rotatable bonds is 3. The standard InChI is InChI=1S/C13H20O3/c1-8-6-5-7-13(3,4)10(8)12(16)11(15)9(2)14/h11,15H,5-7H2,1-4H3/t11-/m0/s1. The molecule has 0 aromatic carbocycles. The monoisotopic (exact) mass is 224 g/mol. The van der Waals surface area contributed by atoms with Gasteiger partial charge in [0.25, 0.3) is 0 Å². The van der Waals surface area contributed by atoms with E-state index in [9.17, 15) is 14.7 Å². The fourth-order valence-corrected chi connectivity index (χ4v) is 2.49. The fourth-order valence-electron chi connectivity index (χ4n) is 2.49. The number of hydrogen-bond acceptors (Lipinski definition) is 3. The summed E-state index contributed by atoms with van der Waals surface area (Å²) < 4.78 is 0. The maximum atomic E-state index is 12.0. The molecule has 0 heterocycles. The van der Waals surface area contributed by atoms with Gasteiger partial charge in [0.2, 0.25) is 0 Å². The first kappa shape index (κ1) is 13.1. The van der Waals surface area contributed by atoms with E-state index in [4.69, 9.17) is 0 Å². The Morgan fingerprint density at radius 2 is 1.94 bits per heavy atom. The highest BCUT2D eigenvalue weighted by atomic mass is 16.3. The lowest BCUT2D eigenvalue weighted by Crippen LogP contribution is -2.36. The van der Waals surface area contributed by atoms with E-state index in [0.29, 0.717) is 5.57 Å². The van der Waals surface area contributed by atoms with Crippen LogP contribution in [0.4, 0.5) is 0 Å². The lowest BCUT2D eigenvalue weighted by Gasteiger charge is -2.34. The molecule has 0 saturated heterocycles. The van der Waals surface area contributed by atoms with Gasteiger partial charge in [0.05, 0.1) is 0 Å². The highest BCUT2D eigenvalue weighted by Gasteiger charge is 2.36. The maximum Gasteiger partial charge on any atom is 0.195 e. The molecule has 0 fully saturated rings. The van der Waals surface area contributed by atoms with Crippen LogP contribution in [0.5, 0.6) is 0 Å². The quantitative estimate of drug-likeness (QED) is 0.746. The van der Waals surface area contributed by atoms with Crippen molar-refractivity contribution >= 4 is 11.6 Å². The van der Waals surface area contributed by atoms with Crippen LogP contribution >= 0.6 is 0 Å². The van der Waals surface area contributed by atoms with Crippen molar-refractivity contribution < 1.29 is 14.7 Å². The predicted octanol–water partition coefficient (Wildman–Crippen LogP) is 2.03. The lowest BCUT2D eigenvalue weighted by atomic mass is 9.70. The number of carbonyl (C=O) groups is 2. The zero-order valence-corrected chi connectivity index (χ0v) is 10.5. The average Bonchev–Trinajstić information content (AvgIpc) is 2.14. The van der Waals surface area contributed by atoms with E-state index < -0.39 is 17.7 Å². The molecule has 3 heteroatoms. The first-order chi connectivity index (χ1) is 7.27. The average molecular weight is 224 g/mol. The van der Waals surface area contributed by atoms with E-state index in [1.807, 2.05) is 20.8 Å². The topological polar surface area (TPSA) is 54.4 Å². The van der Waals surface area contributed by atoms with Crippen molar-refractivity contribution in [3.8, 4) is 0 Å². The van der Waals surface area contributed by atoms with Crippen molar-refractivity contribution in [3.05, 3.63) is 11.1 Å². The fraction of sp³-hybridized carbons (Fsp3) is 0.692. The molecule has 1 atom stereocenters. The third-order valence-corrected chi connectivity index (χ3v) is 3.34. The molecule has 1 aliphatic rings. The van der Waals surface area contributed by atoms with E-state index in [2.05, 4.69) is 0 Å². The van der Waals surface area contributed by atoms with Crippen molar-refractivity contribution in [1.82, 2.24) is 0 Å². The minimum absolute atomic E-state index is 0.226. The van der Waals surface area contributed by atoms with Crippen molar-refractivity contribution in [2.75, 3.05) is 0 Å². The molecular weight excluding hydrogens is 204 g/mol. The molecule has 0 aliphatic heterocycles. The van der Waals surface area contributed by atoms with Crippen LogP contribution in [-0.4, -0.2) is 22.8 Å². The molecule has 3 nitrogen and oxygen atoms in total. The van der Waals surface area contributed by atoms with E-state index in [-0.39, 0.29) is 5.41 Å². The van der Waals surface area contributed by atoms with Crippen LogP contribution < -0.4 is 0 Å². The molecule has 0 aromatic rings. The molecule has 0 bridgehead atoms. The number of aliphatic hydroxyl groups is 1. The van der Waals surface area contributed by atoms with Crippen LogP contribution in [0.15, 0.2) is 11.1 Å². The Hall–Kier alpha value is -0.960. The van der Waals surface area contributed by atoms with Crippen LogP contribution in [0, 0.1) is 5.41 Å². The third-order valence-electron chi connectivity index (χ3n) is 3.34. The van der Waals surface area contributed by atoms with Gasteiger partial charge in [-0.2, -0.15) is 0 Å². The van der Waals surface area contributed by atoms with Crippen molar-refractivity contribution in [1.29, 1.82) is 0 Å². The Kier molecular flexibility index (Phi) is 3.68. The number of aliphatic hydroxyl groups excluding tert-OH is 1. The first-order valence-corrected chi connectivity index (χ1v) is 5.70. The van der Waals surface area contributed by atoms with Gasteiger partial charge in [0.15, 0.2) is 17.7 Å². The maximum absolute atomic E-state index is 12.0. The van der Waals surface area contributed by atoms with Crippen LogP contribution in [0.25, 0.3) is 0 Å². The van der Waals surface area contributed by atoms with Gasteiger partial charge in [-0.1, -0.05) is 19.4 Å². The Morgan fingerprint density at radius 1 is 1.38 bits per heavy atom. The minimum Gasteiger partial charge on any atom is -0.377 e. The summed E-state index contributed by atoms with van der Waals surface area (Å²) in [5.41, 5.74) is 1.44. The molecule has 0 radical (unpaired) electrons. The van der Waals surface area contributed by atoms with Crippen LogP contribution in [0.2, 0.25) is 0 Å². The highest BCUT2D eigenvalue weighted by Crippen LogP contribution is 2.40. The Labute approximate surface area is 96.5 Å². The Bertz CT molecular complexity index is 350. The number of hydrogen-bond donors (Lipinski definition) is 1. The van der Waals surface area contributed by atoms with Gasteiger partial charge in [0, 0.05) is 5.57 Å². The first-order valence-electron chi connectivity index (χ1n) is 5.70. The number of carbonyl (C=O) groups excluding carboxylic acids is 2. The van der Waals surface area contributed by atoms with Gasteiger partial charge in [-0.05, 0) is 38.5 Å². The second kappa shape index (κ2) is 4.50. The summed E-state index contributed by atoms with van der Waals surface area (Å²) in [5.74, 6) is -0.888. The zero-order valence-electron chi connectivity index (χ0n) is 10.5. The molecule has 0 spiro atoms. The van der Waals surface area contributed by atoms with E-state index in [1.165, 1.54) is 6.92 Å². The molecule has 1 aliphatic carbocycles. The van der Waals surface area contributed by atoms with Gasteiger partial charge in [0.1, 0.15) is 0 Å². The van der Waals surface area contributed by atoms with Gasteiger partial charge in [-0.15, -0.1) is 0 Å². The van der Waals surface area contributed by atoms with E-state index >= 15 is 0 Å². The normalized spacial score (nSPS) is 21.8. The molecule has 90 valence electrons. The summed E-state index contributed by atoms with van der Waals surface area (Å²) in [5, 5.41) is 9.56. The van der Waals surface area contributed by atoms with Crippen LogP contribution in [0.3, 0.4) is 0 Å². The molecule has 16 heavy (non-hydrogen) atoms. The molecule has 0 unspecified atom stereocenters. The second-order valence-corrected chi connectivity index (χ2v) is 5.27. The summed E-state index contributed by atoms with van der Waals surface area (Å²) in [7, 11) is 0. The van der Waals surface area contributed by atoms with E-state index in [0.717, 1.165) is 24.8 Å². The Balaban J connectivity index is 3.09. The minimum atomic E-state index is -1.48. The van der Waals surface area contributed by atoms with Gasteiger partial charge in [-0.25, -0.2) is 0 Å². The smallest absolute Gasteiger partial charge is 0.195 e. The van der Waals surface area contributed by atoms with E-state index in [1.54, 1.807) is 0 Å². The largest absolute Gasteiger partial charge is 0.377 e. The third kappa shape index (κ3) is 2.40. The molecule has 1 rings (SSSR count). The number of ketones is 2. The summed E-state index contributed by atoms with van der Waals surface area (Å²) in [4.78, 5) is 23.1.